The summed E-state index contributed by atoms with van der Waals surface area (Å²) in [5.41, 5.74) is 2.57. The van der Waals surface area contributed by atoms with Crippen molar-refractivity contribution in [2.24, 2.45) is 0 Å². The SMILES string of the molecule is CC1CC(N2CCOCC2)c2ccc(Cl)cc2N1. The predicted molar refractivity (Wildman–Crippen MR) is 74.3 cm³/mol. The molecule has 0 saturated carbocycles. The highest BCUT2D eigenvalue weighted by molar-refractivity contribution is 6.30. The zero-order valence-electron chi connectivity index (χ0n) is 10.7. The maximum atomic E-state index is 6.08. The molecule has 2 aliphatic rings. The lowest BCUT2D eigenvalue weighted by atomic mass is 9.92. The zero-order valence-corrected chi connectivity index (χ0v) is 11.4. The molecule has 4 heteroatoms. The monoisotopic (exact) mass is 266 g/mol. The number of hydrogen-bond acceptors (Lipinski definition) is 3. The van der Waals surface area contributed by atoms with Crippen molar-refractivity contribution in [2.75, 3.05) is 31.6 Å². The second-order valence-corrected chi connectivity index (χ2v) is 5.61. The number of morpholine rings is 1. The van der Waals surface area contributed by atoms with E-state index in [1.165, 1.54) is 11.3 Å². The Morgan fingerprint density at radius 3 is 2.89 bits per heavy atom. The Hall–Kier alpha value is -0.770. The Labute approximate surface area is 113 Å². The van der Waals surface area contributed by atoms with Crippen LogP contribution in [0, 0.1) is 0 Å². The smallest absolute Gasteiger partial charge is 0.0594 e. The molecule has 3 rings (SSSR count). The third-order valence-electron chi connectivity index (χ3n) is 3.84. The molecule has 0 amide bonds. The number of fused-ring (bicyclic) bond motifs is 1. The minimum Gasteiger partial charge on any atom is -0.382 e. The number of anilines is 1. The minimum atomic E-state index is 0.490. The first-order valence-electron chi connectivity index (χ1n) is 6.62. The maximum absolute atomic E-state index is 6.08. The largest absolute Gasteiger partial charge is 0.382 e. The fourth-order valence-corrected chi connectivity index (χ4v) is 3.14. The molecular formula is C14H19ClN2O. The first-order valence-corrected chi connectivity index (χ1v) is 6.99. The molecule has 0 aliphatic carbocycles. The van der Waals surface area contributed by atoms with Crippen LogP contribution in [-0.2, 0) is 4.74 Å². The van der Waals surface area contributed by atoms with Crippen LogP contribution in [0.25, 0.3) is 0 Å². The molecule has 1 aromatic rings. The molecule has 2 aliphatic heterocycles. The van der Waals surface area contributed by atoms with Crippen molar-refractivity contribution in [1.82, 2.24) is 4.90 Å². The molecular weight excluding hydrogens is 248 g/mol. The van der Waals surface area contributed by atoms with Crippen molar-refractivity contribution in [2.45, 2.75) is 25.4 Å². The molecule has 0 aromatic heterocycles. The normalized spacial score (nSPS) is 28.6. The third kappa shape index (κ3) is 2.35. The molecule has 98 valence electrons. The number of benzene rings is 1. The molecule has 2 heterocycles. The molecule has 1 aromatic carbocycles. The Morgan fingerprint density at radius 2 is 2.11 bits per heavy atom. The van der Waals surface area contributed by atoms with Gasteiger partial charge in [-0.1, -0.05) is 17.7 Å². The number of nitrogens with zero attached hydrogens (tertiary/aromatic N) is 1. The van der Waals surface area contributed by atoms with E-state index in [1.54, 1.807) is 0 Å². The standard InChI is InChI=1S/C14H19ClN2O/c1-10-8-14(17-4-6-18-7-5-17)12-3-2-11(15)9-13(12)16-10/h2-3,9-10,14,16H,4-8H2,1H3. The van der Waals surface area contributed by atoms with Gasteiger partial charge in [0.25, 0.3) is 0 Å². The Morgan fingerprint density at radius 1 is 1.33 bits per heavy atom. The molecule has 0 radical (unpaired) electrons. The number of halogens is 1. The van der Waals surface area contributed by atoms with Gasteiger partial charge in [0.15, 0.2) is 0 Å². The summed E-state index contributed by atoms with van der Waals surface area (Å²) in [5.74, 6) is 0. The van der Waals surface area contributed by atoms with Gasteiger partial charge in [-0.25, -0.2) is 0 Å². The molecule has 2 atom stereocenters. The van der Waals surface area contributed by atoms with Crippen molar-refractivity contribution in [3.63, 3.8) is 0 Å². The van der Waals surface area contributed by atoms with E-state index in [1.807, 2.05) is 12.1 Å². The molecule has 0 spiro atoms. The van der Waals surface area contributed by atoms with Crippen molar-refractivity contribution in [3.05, 3.63) is 28.8 Å². The second-order valence-electron chi connectivity index (χ2n) is 5.18. The van der Waals surface area contributed by atoms with Gasteiger partial charge in [0.05, 0.1) is 13.2 Å². The van der Waals surface area contributed by atoms with E-state index in [4.69, 9.17) is 16.3 Å². The Bertz CT molecular complexity index is 432. The summed E-state index contributed by atoms with van der Waals surface area (Å²) >= 11 is 6.08. The van der Waals surface area contributed by atoms with Gasteiger partial charge in [0.1, 0.15) is 0 Å². The van der Waals surface area contributed by atoms with Crippen molar-refractivity contribution in [3.8, 4) is 0 Å². The molecule has 1 saturated heterocycles. The minimum absolute atomic E-state index is 0.490. The Balaban J connectivity index is 1.91. The van der Waals surface area contributed by atoms with Crippen LogP contribution in [0.5, 0.6) is 0 Å². The lowest BCUT2D eigenvalue weighted by Gasteiger charge is -2.40. The van der Waals surface area contributed by atoms with Gasteiger partial charge in [-0.3, -0.25) is 4.90 Å². The molecule has 0 bridgehead atoms. The predicted octanol–water partition coefficient (Wildman–Crippen LogP) is 2.92. The highest BCUT2D eigenvalue weighted by atomic mass is 35.5. The summed E-state index contributed by atoms with van der Waals surface area (Å²) in [4.78, 5) is 2.54. The van der Waals surface area contributed by atoms with Crippen LogP contribution in [0.1, 0.15) is 24.9 Å². The van der Waals surface area contributed by atoms with Gasteiger partial charge >= 0.3 is 0 Å². The van der Waals surface area contributed by atoms with Crippen LogP contribution in [-0.4, -0.2) is 37.2 Å². The number of ether oxygens (including phenoxy) is 1. The number of nitrogens with one attached hydrogen (secondary N) is 1. The van der Waals surface area contributed by atoms with Crippen LogP contribution >= 0.6 is 11.6 Å². The van der Waals surface area contributed by atoms with Crippen LogP contribution < -0.4 is 5.32 Å². The van der Waals surface area contributed by atoms with E-state index in [-0.39, 0.29) is 0 Å². The maximum Gasteiger partial charge on any atom is 0.0594 e. The van der Waals surface area contributed by atoms with Gasteiger partial charge in [-0.15, -0.1) is 0 Å². The van der Waals surface area contributed by atoms with Crippen LogP contribution in [0.2, 0.25) is 5.02 Å². The number of rotatable bonds is 1. The van der Waals surface area contributed by atoms with Gasteiger partial charge in [0, 0.05) is 35.9 Å². The quantitative estimate of drug-likeness (QED) is 0.846. The fourth-order valence-electron chi connectivity index (χ4n) is 2.97. The summed E-state index contributed by atoms with van der Waals surface area (Å²) < 4.78 is 5.45. The average Bonchev–Trinajstić information content (AvgIpc) is 2.38. The number of hydrogen-bond donors (Lipinski definition) is 1. The van der Waals surface area contributed by atoms with Crippen LogP contribution in [0.3, 0.4) is 0 Å². The van der Waals surface area contributed by atoms with Gasteiger partial charge in [0.2, 0.25) is 0 Å². The van der Waals surface area contributed by atoms with E-state index in [2.05, 4.69) is 23.2 Å². The summed E-state index contributed by atoms with van der Waals surface area (Å²) in [6, 6.07) is 7.18. The highest BCUT2D eigenvalue weighted by Crippen LogP contribution is 2.38. The summed E-state index contributed by atoms with van der Waals surface area (Å²) in [5, 5.41) is 4.33. The van der Waals surface area contributed by atoms with E-state index in [0.29, 0.717) is 12.1 Å². The zero-order chi connectivity index (χ0) is 12.5. The third-order valence-corrected chi connectivity index (χ3v) is 4.07. The first kappa shape index (κ1) is 12.3. The molecule has 1 fully saturated rings. The average molecular weight is 267 g/mol. The van der Waals surface area contributed by atoms with Gasteiger partial charge in [-0.2, -0.15) is 0 Å². The van der Waals surface area contributed by atoms with Crippen LogP contribution in [0.15, 0.2) is 18.2 Å². The van der Waals surface area contributed by atoms with Gasteiger partial charge in [-0.05, 0) is 31.0 Å². The van der Waals surface area contributed by atoms with Crippen molar-refractivity contribution >= 4 is 17.3 Å². The summed E-state index contributed by atoms with van der Waals surface area (Å²) in [7, 11) is 0. The van der Waals surface area contributed by atoms with Crippen LogP contribution in [0.4, 0.5) is 5.69 Å². The van der Waals surface area contributed by atoms with E-state index in [0.717, 1.165) is 37.7 Å². The molecule has 1 N–H and O–H groups in total. The molecule has 18 heavy (non-hydrogen) atoms. The fraction of sp³-hybridized carbons (Fsp3) is 0.571. The summed E-state index contributed by atoms with van der Waals surface area (Å²) in [6.45, 7) is 5.98. The lowest BCUT2D eigenvalue weighted by molar-refractivity contribution is 0.0128. The topological polar surface area (TPSA) is 24.5 Å². The van der Waals surface area contributed by atoms with E-state index >= 15 is 0 Å². The lowest BCUT2D eigenvalue weighted by Crippen LogP contribution is -2.42. The van der Waals surface area contributed by atoms with Crippen molar-refractivity contribution < 1.29 is 4.74 Å². The highest BCUT2D eigenvalue weighted by Gasteiger charge is 2.29. The Kier molecular flexibility index (Phi) is 3.46. The van der Waals surface area contributed by atoms with E-state index < -0.39 is 0 Å². The first-order chi connectivity index (χ1) is 8.74. The summed E-state index contributed by atoms with van der Waals surface area (Å²) in [6.07, 6.45) is 1.15. The second kappa shape index (κ2) is 5.08. The molecule has 2 unspecified atom stereocenters. The van der Waals surface area contributed by atoms with Gasteiger partial charge < -0.3 is 10.1 Å². The molecule has 3 nitrogen and oxygen atoms in total. The van der Waals surface area contributed by atoms with E-state index in [9.17, 15) is 0 Å². The van der Waals surface area contributed by atoms with Crippen molar-refractivity contribution in [1.29, 1.82) is 0 Å².